The van der Waals surface area contributed by atoms with Crippen LogP contribution in [0.5, 0.6) is 0 Å². The Labute approximate surface area is 130 Å². The van der Waals surface area contributed by atoms with Crippen LogP contribution in [0.4, 0.5) is 0 Å². The Kier molecular flexibility index (Phi) is 3.76. The fourth-order valence-electron chi connectivity index (χ4n) is 2.38. The highest BCUT2D eigenvalue weighted by molar-refractivity contribution is 7.86. The Bertz CT molecular complexity index is 810. The van der Waals surface area contributed by atoms with Crippen molar-refractivity contribution >= 4 is 16.2 Å². The largest absolute Gasteiger partial charge is 0.351 e. The molecule has 1 unspecified atom stereocenters. The molecule has 4 nitrogen and oxygen atoms in total. The molecule has 2 aromatic carbocycles. The quantitative estimate of drug-likeness (QED) is 0.815. The smallest absolute Gasteiger partial charge is 0.299 e. The standard InChI is InChI=1S/C17H17NO3S/c1-13-7-9-15(10-8-13)22(19,20)21-17-16-6-4-3-5-14(16)11-12-18(17)2/h3-12,17H,1-2H3. The molecule has 1 heterocycles. The number of hydrogen-bond acceptors (Lipinski definition) is 4. The van der Waals surface area contributed by atoms with E-state index in [0.717, 1.165) is 16.7 Å². The lowest BCUT2D eigenvalue weighted by atomic mass is 10.0. The predicted octanol–water partition coefficient (Wildman–Crippen LogP) is 3.32. The van der Waals surface area contributed by atoms with Gasteiger partial charge in [0.25, 0.3) is 10.1 Å². The van der Waals surface area contributed by atoms with Crippen molar-refractivity contribution in [3.8, 4) is 0 Å². The fraction of sp³-hybridized carbons (Fsp3) is 0.176. The summed E-state index contributed by atoms with van der Waals surface area (Å²) in [7, 11) is -2.03. The summed E-state index contributed by atoms with van der Waals surface area (Å²) in [6, 6.07) is 14.3. The topological polar surface area (TPSA) is 46.6 Å². The van der Waals surface area contributed by atoms with E-state index in [1.807, 2.05) is 43.5 Å². The Balaban J connectivity index is 1.95. The third-order valence-electron chi connectivity index (χ3n) is 3.65. The molecule has 1 atom stereocenters. The first kappa shape index (κ1) is 14.8. The van der Waals surface area contributed by atoms with Gasteiger partial charge in [-0.05, 0) is 30.7 Å². The zero-order valence-corrected chi connectivity index (χ0v) is 13.2. The van der Waals surface area contributed by atoms with E-state index >= 15 is 0 Å². The molecule has 114 valence electrons. The highest BCUT2D eigenvalue weighted by atomic mass is 32.2. The van der Waals surface area contributed by atoms with Crippen molar-refractivity contribution in [2.45, 2.75) is 18.0 Å². The van der Waals surface area contributed by atoms with Crippen molar-refractivity contribution in [3.05, 3.63) is 71.4 Å². The molecule has 3 rings (SSSR count). The highest BCUT2D eigenvalue weighted by Crippen LogP contribution is 2.32. The van der Waals surface area contributed by atoms with Crippen molar-refractivity contribution in [3.63, 3.8) is 0 Å². The van der Waals surface area contributed by atoms with Crippen molar-refractivity contribution in [2.24, 2.45) is 0 Å². The normalized spacial score (nSPS) is 17.4. The van der Waals surface area contributed by atoms with Gasteiger partial charge in [-0.2, -0.15) is 8.42 Å². The SMILES string of the molecule is Cc1ccc(S(=O)(=O)OC2c3ccccc3C=CN2C)cc1. The van der Waals surface area contributed by atoms with Gasteiger partial charge in [0.2, 0.25) is 0 Å². The van der Waals surface area contributed by atoms with Crippen LogP contribution in [0, 0.1) is 6.92 Å². The molecule has 0 aliphatic carbocycles. The molecule has 0 N–H and O–H groups in total. The summed E-state index contributed by atoms with van der Waals surface area (Å²) in [6.07, 6.45) is 3.10. The van der Waals surface area contributed by atoms with Gasteiger partial charge in [0, 0.05) is 18.8 Å². The summed E-state index contributed by atoms with van der Waals surface area (Å²) in [5.41, 5.74) is 2.80. The molecule has 5 heteroatoms. The first-order valence-corrected chi connectivity index (χ1v) is 8.37. The summed E-state index contributed by atoms with van der Waals surface area (Å²) in [6.45, 7) is 1.91. The van der Waals surface area contributed by atoms with Crippen LogP contribution in [0.15, 0.2) is 59.6 Å². The zero-order chi connectivity index (χ0) is 15.7. The van der Waals surface area contributed by atoms with Gasteiger partial charge in [-0.1, -0.05) is 42.0 Å². The number of rotatable bonds is 3. The van der Waals surface area contributed by atoms with Crippen LogP contribution in [0.3, 0.4) is 0 Å². The lowest BCUT2D eigenvalue weighted by Gasteiger charge is -2.30. The molecule has 0 amide bonds. The lowest BCUT2D eigenvalue weighted by molar-refractivity contribution is 0.0847. The summed E-state index contributed by atoms with van der Waals surface area (Å²) in [5, 5.41) is 0. The molecular formula is C17H17NO3S. The third-order valence-corrected chi connectivity index (χ3v) is 4.93. The van der Waals surface area contributed by atoms with E-state index in [1.165, 1.54) is 0 Å². The second-order valence-corrected chi connectivity index (χ2v) is 6.90. The minimum atomic E-state index is -3.83. The first-order valence-electron chi connectivity index (χ1n) is 6.96. The second kappa shape index (κ2) is 5.59. The van der Waals surface area contributed by atoms with E-state index in [4.69, 9.17) is 4.18 Å². The van der Waals surface area contributed by atoms with Crippen molar-refractivity contribution in [1.29, 1.82) is 0 Å². The molecule has 22 heavy (non-hydrogen) atoms. The molecule has 0 spiro atoms. The average Bonchev–Trinajstić information content (AvgIpc) is 2.50. The van der Waals surface area contributed by atoms with Crippen molar-refractivity contribution in [2.75, 3.05) is 7.05 Å². The van der Waals surface area contributed by atoms with Gasteiger partial charge >= 0.3 is 0 Å². The molecule has 2 aromatic rings. The van der Waals surface area contributed by atoms with Gasteiger partial charge < -0.3 is 4.90 Å². The van der Waals surface area contributed by atoms with Crippen molar-refractivity contribution < 1.29 is 12.6 Å². The van der Waals surface area contributed by atoms with Gasteiger partial charge in [-0.15, -0.1) is 0 Å². The Morgan fingerprint density at radius 3 is 2.45 bits per heavy atom. The van der Waals surface area contributed by atoms with E-state index in [9.17, 15) is 8.42 Å². The molecule has 0 saturated heterocycles. The number of benzene rings is 2. The summed E-state index contributed by atoms with van der Waals surface area (Å²) >= 11 is 0. The van der Waals surface area contributed by atoms with Crippen LogP contribution in [-0.2, 0) is 14.3 Å². The summed E-state index contributed by atoms with van der Waals surface area (Å²) in [4.78, 5) is 1.91. The van der Waals surface area contributed by atoms with Crippen molar-refractivity contribution in [1.82, 2.24) is 4.90 Å². The van der Waals surface area contributed by atoms with Crippen LogP contribution < -0.4 is 0 Å². The maximum Gasteiger partial charge on any atom is 0.299 e. The van der Waals surface area contributed by atoms with Gasteiger partial charge in [0.05, 0.1) is 4.90 Å². The van der Waals surface area contributed by atoms with Gasteiger partial charge in [-0.3, -0.25) is 0 Å². The van der Waals surface area contributed by atoms with Crippen LogP contribution >= 0.6 is 0 Å². The van der Waals surface area contributed by atoms with Gasteiger partial charge in [0.1, 0.15) is 0 Å². The number of aryl methyl sites for hydroxylation is 1. The van der Waals surface area contributed by atoms with Crippen LogP contribution in [0.25, 0.3) is 6.08 Å². The van der Waals surface area contributed by atoms with Crippen LogP contribution in [0.1, 0.15) is 22.9 Å². The zero-order valence-electron chi connectivity index (χ0n) is 12.4. The molecular weight excluding hydrogens is 298 g/mol. The maximum absolute atomic E-state index is 12.5. The predicted molar refractivity (Wildman–Crippen MR) is 85.4 cm³/mol. The molecule has 0 aromatic heterocycles. The monoisotopic (exact) mass is 315 g/mol. The minimum absolute atomic E-state index is 0.165. The molecule has 0 bridgehead atoms. The maximum atomic E-state index is 12.5. The molecule has 0 fully saturated rings. The van der Waals surface area contributed by atoms with Gasteiger partial charge in [-0.25, -0.2) is 4.18 Å². The second-order valence-electron chi connectivity index (χ2n) is 5.33. The van der Waals surface area contributed by atoms with Crippen LogP contribution in [-0.4, -0.2) is 20.4 Å². The van der Waals surface area contributed by atoms with Crippen LogP contribution in [0.2, 0.25) is 0 Å². The van der Waals surface area contributed by atoms with E-state index in [0.29, 0.717) is 0 Å². The number of fused-ring (bicyclic) bond motifs is 1. The van der Waals surface area contributed by atoms with E-state index in [1.54, 1.807) is 36.2 Å². The van der Waals surface area contributed by atoms with E-state index in [-0.39, 0.29) is 4.90 Å². The Morgan fingerprint density at radius 1 is 1.05 bits per heavy atom. The summed E-state index contributed by atoms with van der Waals surface area (Å²) < 4.78 is 30.5. The summed E-state index contributed by atoms with van der Waals surface area (Å²) in [5.74, 6) is 0. The Hall–Kier alpha value is -2.11. The highest BCUT2D eigenvalue weighted by Gasteiger charge is 2.28. The molecule has 0 radical (unpaired) electrons. The first-order chi connectivity index (χ1) is 10.5. The number of nitrogens with zero attached hydrogens (tertiary/aromatic N) is 1. The molecule has 0 saturated carbocycles. The lowest BCUT2D eigenvalue weighted by Crippen LogP contribution is -2.27. The molecule has 1 aliphatic heterocycles. The van der Waals surface area contributed by atoms with E-state index in [2.05, 4.69) is 0 Å². The minimum Gasteiger partial charge on any atom is -0.351 e. The third kappa shape index (κ3) is 2.77. The average molecular weight is 315 g/mol. The fourth-order valence-corrected chi connectivity index (χ4v) is 3.44. The molecule has 1 aliphatic rings. The van der Waals surface area contributed by atoms with E-state index < -0.39 is 16.3 Å². The van der Waals surface area contributed by atoms with Gasteiger partial charge in [0.15, 0.2) is 6.23 Å². The Morgan fingerprint density at radius 2 is 1.73 bits per heavy atom. The number of hydrogen-bond donors (Lipinski definition) is 0.